The van der Waals surface area contributed by atoms with Gasteiger partial charge in [-0.15, -0.1) is 0 Å². The van der Waals surface area contributed by atoms with Gasteiger partial charge in [0, 0.05) is 32.7 Å². The third-order valence-electron chi connectivity index (χ3n) is 4.84. The highest BCUT2D eigenvalue weighted by molar-refractivity contribution is 5.81. The van der Waals surface area contributed by atoms with E-state index in [4.69, 9.17) is 5.73 Å². The first kappa shape index (κ1) is 16.7. The predicted octanol–water partition coefficient (Wildman–Crippen LogP) is 1.09. The summed E-state index contributed by atoms with van der Waals surface area (Å²) < 4.78 is 13.6. The molecule has 2 aliphatic heterocycles. The standard InChI is InChI=1S/C17H23FN4O2/c18-14-5-1-3-12(9-14)15-10-20-6-8-22(15)16(23)13-4-2-7-21(11-13)17(19)24/h1,3,5,9,13,15,20H,2,4,6-8,10-11H2,(H2,19,24). The Hall–Kier alpha value is -2.15. The lowest BCUT2D eigenvalue weighted by atomic mass is 9.94. The molecule has 0 bridgehead atoms. The molecule has 3 N–H and O–H groups in total. The largest absolute Gasteiger partial charge is 0.351 e. The molecule has 1 aromatic rings. The van der Waals surface area contributed by atoms with Crippen molar-refractivity contribution in [2.45, 2.75) is 18.9 Å². The van der Waals surface area contributed by atoms with Crippen molar-refractivity contribution in [3.8, 4) is 0 Å². The zero-order valence-electron chi connectivity index (χ0n) is 13.6. The molecule has 2 aliphatic rings. The first-order valence-corrected chi connectivity index (χ1v) is 8.37. The molecule has 1 aromatic carbocycles. The number of urea groups is 1. The van der Waals surface area contributed by atoms with Crippen LogP contribution in [0.2, 0.25) is 0 Å². The van der Waals surface area contributed by atoms with Crippen LogP contribution in [0.1, 0.15) is 24.4 Å². The number of benzene rings is 1. The third kappa shape index (κ3) is 3.51. The Kier molecular flexibility index (Phi) is 4.99. The van der Waals surface area contributed by atoms with Crippen LogP contribution in [-0.2, 0) is 4.79 Å². The van der Waals surface area contributed by atoms with Gasteiger partial charge in [0.15, 0.2) is 0 Å². The van der Waals surface area contributed by atoms with Gasteiger partial charge < -0.3 is 20.9 Å². The smallest absolute Gasteiger partial charge is 0.314 e. The number of halogens is 1. The molecule has 2 unspecified atom stereocenters. The Morgan fingerprint density at radius 2 is 2.12 bits per heavy atom. The Morgan fingerprint density at radius 1 is 1.29 bits per heavy atom. The molecule has 0 aliphatic carbocycles. The van der Waals surface area contributed by atoms with E-state index in [0.717, 1.165) is 18.4 Å². The van der Waals surface area contributed by atoms with Gasteiger partial charge in [0.25, 0.3) is 0 Å². The molecule has 0 radical (unpaired) electrons. The number of nitrogens with zero attached hydrogens (tertiary/aromatic N) is 2. The fourth-order valence-corrected chi connectivity index (χ4v) is 3.59. The third-order valence-corrected chi connectivity index (χ3v) is 4.84. The molecule has 2 fully saturated rings. The lowest BCUT2D eigenvalue weighted by Gasteiger charge is -2.40. The second-order valence-corrected chi connectivity index (χ2v) is 6.43. The molecular formula is C17H23FN4O2. The highest BCUT2D eigenvalue weighted by Crippen LogP contribution is 2.27. The molecule has 3 rings (SSSR count). The number of hydrogen-bond acceptors (Lipinski definition) is 3. The van der Waals surface area contributed by atoms with E-state index in [1.165, 1.54) is 17.0 Å². The maximum absolute atomic E-state index is 13.6. The minimum atomic E-state index is -0.477. The zero-order chi connectivity index (χ0) is 17.1. The van der Waals surface area contributed by atoms with Gasteiger partial charge in [-0.25, -0.2) is 9.18 Å². The summed E-state index contributed by atoms with van der Waals surface area (Å²) in [6.07, 6.45) is 1.53. The number of nitrogens with one attached hydrogen (secondary N) is 1. The van der Waals surface area contributed by atoms with Crippen LogP contribution in [0, 0.1) is 11.7 Å². The van der Waals surface area contributed by atoms with Gasteiger partial charge in [0.05, 0.1) is 12.0 Å². The van der Waals surface area contributed by atoms with Crippen LogP contribution < -0.4 is 11.1 Å². The first-order valence-electron chi connectivity index (χ1n) is 8.37. The molecule has 24 heavy (non-hydrogen) atoms. The Morgan fingerprint density at radius 3 is 2.88 bits per heavy atom. The second-order valence-electron chi connectivity index (χ2n) is 6.43. The van der Waals surface area contributed by atoms with Crippen LogP contribution >= 0.6 is 0 Å². The Balaban J connectivity index is 1.77. The van der Waals surface area contributed by atoms with E-state index in [2.05, 4.69) is 5.32 Å². The normalized spacial score (nSPS) is 24.7. The molecule has 6 nitrogen and oxygen atoms in total. The zero-order valence-corrected chi connectivity index (χ0v) is 13.6. The average molecular weight is 334 g/mol. The van der Waals surface area contributed by atoms with E-state index in [0.29, 0.717) is 32.7 Å². The van der Waals surface area contributed by atoms with Crippen molar-refractivity contribution in [1.29, 1.82) is 0 Å². The lowest BCUT2D eigenvalue weighted by molar-refractivity contribution is -0.140. The number of carbonyl (C=O) groups excluding carboxylic acids is 2. The van der Waals surface area contributed by atoms with E-state index in [9.17, 15) is 14.0 Å². The Bertz CT molecular complexity index is 624. The number of likely N-dealkylation sites (tertiary alicyclic amines) is 1. The van der Waals surface area contributed by atoms with Gasteiger partial charge in [-0.3, -0.25) is 4.79 Å². The van der Waals surface area contributed by atoms with E-state index in [1.54, 1.807) is 6.07 Å². The molecule has 2 saturated heterocycles. The molecule has 7 heteroatoms. The number of amides is 3. The number of piperazine rings is 1. The fourth-order valence-electron chi connectivity index (χ4n) is 3.59. The van der Waals surface area contributed by atoms with Gasteiger partial charge in [-0.05, 0) is 30.5 Å². The van der Waals surface area contributed by atoms with Gasteiger partial charge in [-0.2, -0.15) is 0 Å². The molecule has 2 atom stereocenters. The maximum atomic E-state index is 13.6. The fraction of sp³-hybridized carbons (Fsp3) is 0.529. The molecule has 0 saturated carbocycles. The van der Waals surface area contributed by atoms with Crippen molar-refractivity contribution in [2.75, 3.05) is 32.7 Å². The molecule has 2 heterocycles. The number of hydrogen-bond donors (Lipinski definition) is 2. The maximum Gasteiger partial charge on any atom is 0.314 e. The first-order chi connectivity index (χ1) is 11.6. The molecule has 0 spiro atoms. The highest BCUT2D eigenvalue weighted by Gasteiger charge is 2.35. The number of piperidine rings is 1. The summed E-state index contributed by atoms with van der Waals surface area (Å²) >= 11 is 0. The number of carbonyl (C=O) groups is 2. The van der Waals surface area contributed by atoms with Gasteiger partial charge in [0.1, 0.15) is 5.82 Å². The number of primary amides is 1. The summed E-state index contributed by atoms with van der Waals surface area (Å²) in [5.74, 6) is -0.514. The quantitative estimate of drug-likeness (QED) is 0.850. The minimum absolute atomic E-state index is 0.0247. The lowest BCUT2D eigenvalue weighted by Crippen LogP contribution is -2.53. The predicted molar refractivity (Wildman–Crippen MR) is 87.6 cm³/mol. The summed E-state index contributed by atoms with van der Waals surface area (Å²) in [7, 11) is 0. The van der Waals surface area contributed by atoms with Gasteiger partial charge >= 0.3 is 6.03 Å². The molecular weight excluding hydrogens is 311 g/mol. The summed E-state index contributed by atoms with van der Waals surface area (Å²) in [4.78, 5) is 27.8. The van der Waals surface area contributed by atoms with Crippen molar-refractivity contribution in [1.82, 2.24) is 15.1 Å². The van der Waals surface area contributed by atoms with Crippen LogP contribution in [0.25, 0.3) is 0 Å². The van der Waals surface area contributed by atoms with Crippen LogP contribution in [0.4, 0.5) is 9.18 Å². The Labute approximate surface area is 140 Å². The summed E-state index contributed by atoms with van der Waals surface area (Å²) in [6, 6.07) is 5.72. The van der Waals surface area contributed by atoms with E-state index < -0.39 is 6.03 Å². The van der Waals surface area contributed by atoms with Crippen molar-refractivity contribution >= 4 is 11.9 Å². The van der Waals surface area contributed by atoms with Gasteiger partial charge in [-0.1, -0.05) is 12.1 Å². The summed E-state index contributed by atoms with van der Waals surface area (Å²) in [5, 5.41) is 3.27. The van der Waals surface area contributed by atoms with E-state index >= 15 is 0 Å². The van der Waals surface area contributed by atoms with Crippen molar-refractivity contribution < 1.29 is 14.0 Å². The number of nitrogens with two attached hydrogens (primary N) is 1. The highest BCUT2D eigenvalue weighted by atomic mass is 19.1. The van der Waals surface area contributed by atoms with Gasteiger partial charge in [0.2, 0.25) is 5.91 Å². The van der Waals surface area contributed by atoms with Crippen molar-refractivity contribution in [2.24, 2.45) is 11.7 Å². The molecule has 0 aromatic heterocycles. The van der Waals surface area contributed by atoms with Crippen molar-refractivity contribution in [3.05, 3.63) is 35.6 Å². The van der Waals surface area contributed by atoms with Crippen molar-refractivity contribution in [3.63, 3.8) is 0 Å². The minimum Gasteiger partial charge on any atom is -0.351 e. The number of rotatable bonds is 2. The SMILES string of the molecule is NC(=O)N1CCCC(C(=O)N2CCNCC2c2cccc(F)c2)C1. The summed E-state index contributed by atoms with van der Waals surface area (Å²) in [6.45, 7) is 2.86. The average Bonchev–Trinajstić information content (AvgIpc) is 2.61. The summed E-state index contributed by atoms with van der Waals surface area (Å²) in [5.41, 5.74) is 6.14. The van der Waals surface area contributed by atoms with E-state index in [1.807, 2.05) is 11.0 Å². The van der Waals surface area contributed by atoms with Crippen LogP contribution in [0.3, 0.4) is 0 Å². The molecule has 3 amide bonds. The van der Waals surface area contributed by atoms with Crippen LogP contribution in [0.5, 0.6) is 0 Å². The topological polar surface area (TPSA) is 78.7 Å². The van der Waals surface area contributed by atoms with Crippen LogP contribution in [0.15, 0.2) is 24.3 Å². The van der Waals surface area contributed by atoms with Crippen LogP contribution in [-0.4, -0.2) is 54.5 Å². The van der Waals surface area contributed by atoms with E-state index in [-0.39, 0.29) is 23.7 Å². The second kappa shape index (κ2) is 7.17. The molecule has 130 valence electrons. The monoisotopic (exact) mass is 334 g/mol.